The first kappa shape index (κ1) is 38.3. The van der Waals surface area contributed by atoms with E-state index in [1.165, 1.54) is 0 Å². The molecule has 0 saturated carbocycles. The normalized spacial score (nSPS) is 13.3. The molecule has 0 aliphatic heterocycles. The molecule has 254 valence electrons. The van der Waals surface area contributed by atoms with Gasteiger partial charge in [-0.2, -0.15) is 5.26 Å². The Morgan fingerprint density at radius 1 is 0.872 bits per heavy atom. The number of amides is 4. The third kappa shape index (κ3) is 12.8. The number of hydrogen-bond acceptors (Lipinski definition) is 8. The van der Waals surface area contributed by atoms with Gasteiger partial charge in [0.1, 0.15) is 35.9 Å². The lowest BCUT2D eigenvalue weighted by atomic mass is 9.97. The SMILES string of the molecule is Cc1ccc(C(C(=O)NC(Cc2ccccc2)C(=O)OC(C)(C)C)N(CC#N)C(=O)C(CCC(N)=O)NC(=O)OC(C)(C)C)cc1C. The Labute approximate surface area is 277 Å². The number of benzene rings is 2. The highest BCUT2D eigenvalue weighted by atomic mass is 16.6. The maximum atomic E-state index is 14.3. The number of primary amides is 1. The second kappa shape index (κ2) is 16.6. The summed E-state index contributed by atoms with van der Waals surface area (Å²) < 4.78 is 11.0. The highest BCUT2D eigenvalue weighted by Crippen LogP contribution is 2.26. The summed E-state index contributed by atoms with van der Waals surface area (Å²) in [7, 11) is 0. The van der Waals surface area contributed by atoms with Crippen LogP contribution in [0.2, 0.25) is 0 Å². The average molecular weight is 650 g/mol. The second-order valence-corrected chi connectivity index (χ2v) is 13.4. The topological polar surface area (TPSA) is 181 Å². The van der Waals surface area contributed by atoms with Crippen molar-refractivity contribution in [2.75, 3.05) is 6.54 Å². The molecule has 0 saturated heterocycles. The molecule has 0 aliphatic carbocycles. The van der Waals surface area contributed by atoms with E-state index in [4.69, 9.17) is 15.2 Å². The molecule has 0 spiro atoms. The minimum absolute atomic E-state index is 0.0920. The van der Waals surface area contributed by atoms with Crippen molar-refractivity contribution in [3.63, 3.8) is 0 Å². The van der Waals surface area contributed by atoms with Gasteiger partial charge in [-0.1, -0.05) is 48.5 Å². The van der Waals surface area contributed by atoms with Gasteiger partial charge in [0.15, 0.2) is 0 Å². The molecule has 4 N–H and O–H groups in total. The Balaban J connectivity index is 2.63. The van der Waals surface area contributed by atoms with Crippen LogP contribution in [0.15, 0.2) is 48.5 Å². The van der Waals surface area contributed by atoms with Gasteiger partial charge in [-0.3, -0.25) is 14.4 Å². The molecular formula is C35H47N5O7. The lowest BCUT2D eigenvalue weighted by Gasteiger charge is -2.34. The number of alkyl carbamates (subject to hydrolysis) is 1. The number of nitrogens with one attached hydrogen (secondary N) is 2. The van der Waals surface area contributed by atoms with Gasteiger partial charge < -0.3 is 30.7 Å². The zero-order valence-electron chi connectivity index (χ0n) is 28.5. The Bertz CT molecular complexity index is 1470. The standard InChI is InChI=1S/C35H47N5O7/c1-22-14-15-25(20-23(22)2)29(30(42)38-27(32(44)46-34(3,4)5)21-24-12-10-9-11-13-24)40(19-18-36)31(43)26(16-17-28(37)41)39-33(45)47-35(6,7)8/h9-15,20,26-27,29H,16-17,19,21H2,1-8H3,(H2,37,41)(H,38,42)(H,39,45). The molecule has 3 atom stereocenters. The number of carbonyl (C=O) groups is 5. The maximum absolute atomic E-state index is 14.3. The van der Waals surface area contributed by atoms with Crippen LogP contribution in [0.25, 0.3) is 0 Å². The highest BCUT2D eigenvalue weighted by molar-refractivity contribution is 5.94. The highest BCUT2D eigenvalue weighted by Gasteiger charge is 2.38. The second-order valence-electron chi connectivity index (χ2n) is 13.4. The van der Waals surface area contributed by atoms with Gasteiger partial charge in [0.2, 0.25) is 17.7 Å². The summed E-state index contributed by atoms with van der Waals surface area (Å²) in [5.41, 5.74) is 6.47. The van der Waals surface area contributed by atoms with E-state index in [2.05, 4.69) is 10.6 Å². The number of nitriles is 1. The van der Waals surface area contributed by atoms with Crippen molar-refractivity contribution < 1.29 is 33.4 Å². The summed E-state index contributed by atoms with van der Waals surface area (Å²) in [4.78, 5) is 67.4. The molecule has 3 unspecified atom stereocenters. The largest absolute Gasteiger partial charge is 0.458 e. The summed E-state index contributed by atoms with van der Waals surface area (Å²) in [6.45, 7) is 13.2. The maximum Gasteiger partial charge on any atom is 0.408 e. The van der Waals surface area contributed by atoms with Crippen LogP contribution in [0, 0.1) is 25.2 Å². The Morgan fingerprint density at radius 2 is 1.49 bits per heavy atom. The quantitative estimate of drug-likeness (QED) is 0.216. The van der Waals surface area contributed by atoms with Crippen LogP contribution in [0.5, 0.6) is 0 Å². The van der Waals surface area contributed by atoms with E-state index < -0.39 is 65.7 Å². The van der Waals surface area contributed by atoms with Crippen molar-refractivity contribution in [1.82, 2.24) is 15.5 Å². The number of esters is 1. The van der Waals surface area contributed by atoms with E-state index in [0.717, 1.165) is 21.6 Å². The van der Waals surface area contributed by atoms with Gasteiger partial charge in [0.25, 0.3) is 0 Å². The van der Waals surface area contributed by atoms with Crippen LogP contribution < -0.4 is 16.4 Å². The molecule has 4 amide bonds. The van der Waals surface area contributed by atoms with E-state index in [-0.39, 0.29) is 19.3 Å². The first-order valence-electron chi connectivity index (χ1n) is 15.4. The summed E-state index contributed by atoms with van der Waals surface area (Å²) in [6, 6.07) is 12.2. The molecular weight excluding hydrogens is 602 g/mol. The molecule has 0 aromatic heterocycles. The van der Waals surface area contributed by atoms with Crippen molar-refractivity contribution >= 4 is 29.8 Å². The van der Waals surface area contributed by atoms with E-state index in [0.29, 0.717) is 5.56 Å². The number of rotatable bonds is 13. The predicted octanol–water partition coefficient (Wildman–Crippen LogP) is 3.92. The van der Waals surface area contributed by atoms with Crippen molar-refractivity contribution in [3.05, 3.63) is 70.8 Å². The van der Waals surface area contributed by atoms with Gasteiger partial charge >= 0.3 is 12.1 Å². The van der Waals surface area contributed by atoms with Crippen molar-refractivity contribution in [2.45, 2.75) is 104 Å². The minimum atomic E-state index is -1.42. The number of carbonyl (C=O) groups excluding carboxylic acids is 5. The molecule has 47 heavy (non-hydrogen) atoms. The third-order valence-electron chi connectivity index (χ3n) is 6.89. The molecule has 2 rings (SSSR count). The minimum Gasteiger partial charge on any atom is -0.458 e. The molecule has 0 fully saturated rings. The van der Waals surface area contributed by atoms with Crippen LogP contribution in [0.1, 0.15) is 82.7 Å². The first-order chi connectivity index (χ1) is 21.8. The fourth-order valence-corrected chi connectivity index (χ4v) is 4.64. The van der Waals surface area contributed by atoms with Crippen molar-refractivity contribution in [2.24, 2.45) is 5.73 Å². The average Bonchev–Trinajstić information content (AvgIpc) is 2.94. The van der Waals surface area contributed by atoms with Gasteiger partial charge in [0.05, 0.1) is 6.07 Å². The Morgan fingerprint density at radius 3 is 2.02 bits per heavy atom. The summed E-state index contributed by atoms with van der Waals surface area (Å²) >= 11 is 0. The van der Waals surface area contributed by atoms with Crippen LogP contribution in [0.3, 0.4) is 0 Å². The third-order valence-corrected chi connectivity index (χ3v) is 6.89. The van der Waals surface area contributed by atoms with Gasteiger partial charge in [-0.15, -0.1) is 0 Å². The fraction of sp³-hybridized carbons (Fsp3) is 0.486. The lowest BCUT2D eigenvalue weighted by molar-refractivity contribution is -0.159. The lowest BCUT2D eigenvalue weighted by Crippen LogP contribution is -2.55. The Hall–Kier alpha value is -4.92. The van der Waals surface area contributed by atoms with E-state index in [1.807, 2.05) is 38.1 Å². The zero-order valence-corrected chi connectivity index (χ0v) is 28.5. The molecule has 2 aromatic rings. The van der Waals surface area contributed by atoms with Crippen molar-refractivity contribution in [3.8, 4) is 6.07 Å². The first-order valence-corrected chi connectivity index (χ1v) is 15.4. The van der Waals surface area contributed by atoms with E-state index >= 15 is 0 Å². The van der Waals surface area contributed by atoms with Crippen LogP contribution in [0.4, 0.5) is 4.79 Å². The Kier molecular flexibility index (Phi) is 13.5. The van der Waals surface area contributed by atoms with Crippen molar-refractivity contribution in [1.29, 1.82) is 5.26 Å². The van der Waals surface area contributed by atoms with Gasteiger partial charge in [-0.05, 0) is 84.1 Å². The van der Waals surface area contributed by atoms with Gasteiger partial charge in [-0.25, -0.2) is 9.59 Å². The van der Waals surface area contributed by atoms with Gasteiger partial charge in [0, 0.05) is 12.8 Å². The number of nitrogens with two attached hydrogens (primary N) is 1. The number of aryl methyl sites for hydroxylation is 2. The molecule has 0 heterocycles. The molecule has 12 nitrogen and oxygen atoms in total. The summed E-state index contributed by atoms with van der Waals surface area (Å²) in [5, 5.41) is 15.1. The predicted molar refractivity (Wildman–Crippen MR) is 175 cm³/mol. The zero-order chi connectivity index (χ0) is 35.5. The molecule has 0 aliphatic rings. The number of hydrogen-bond donors (Lipinski definition) is 3. The summed E-state index contributed by atoms with van der Waals surface area (Å²) in [6.07, 6.45) is -1.33. The van der Waals surface area contributed by atoms with Crippen LogP contribution in [-0.4, -0.2) is 64.5 Å². The summed E-state index contributed by atoms with van der Waals surface area (Å²) in [5.74, 6) is -2.98. The molecule has 2 aromatic carbocycles. The number of nitrogens with zero attached hydrogens (tertiary/aromatic N) is 2. The molecule has 0 bridgehead atoms. The molecule has 12 heteroatoms. The smallest absolute Gasteiger partial charge is 0.408 e. The van der Waals surface area contributed by atoms with E-state index in [1.54, 1.807) is 71.9 Å². The monoisotopic (exact) mass is 649 g/mol. The van der Waals surface area contributed by atoms with E-state index in [9.17, 15) is 29.2 Å². The van der Waals surface area contributed by atoms with Crippen LogP contribution >= 0.6 is 0 Å². The number of ether oxygens (including phenoxy) is 2. The van der Waals surface area contributed by atoms with Crippen LogP contribution in [-0.2, 0) is 35.1 Å². The molecule has 0 radical (unpaired) electrons. The fourth-order valence-electron chi connectivity index (χ4n) is 4.64.